The summed E-state index contributed by atoms with van der Waals surface area (Å²) < 4.78 is 15.5. The molecule has 0 unspecified atom stereocenters. The van der Waals surface area contributed by atoms with E-state index >= 15 is 0 Å². The molecule has 0 aliphatic rings. The maximum absolute atomic E-state index is 13.3. The number of ether oxygens (including phenoxy) is 2. The minimum atomic E-state index is -0.238. The highest BCUT2D eigenvalue weighted by Gasteiger charge is 2.18. The second kappa shape index (κ2) is 13.0. The number of halogens is 5. The fourth-order valence-electron chi connectivity index (χ4n) is 3.70. The number of fused-ring (bicyclic) bond motifs is 1. The molecule has 1 heterocycles. The zero-order chi connectivity index (χ0) is 27.4. The van der Waals surface area contributed by atoms with Gasteiger partial charge in [0.2, 0.25) is 0 Å². The third-order valence-corrected chi connectivity index (χ3v) is 8.86. The van der Waals surface area contributed by atoms with Gasteiger partial charge in [0, 0.05) is 20.9 Å². The van der Waals surface area contributed by atoms with Gasteiger partial charge < -0.3 is 9.47 Å². The molecule has 0 aliphatic heterocycles. The van der Waals surface area contributed by atoms with Crippen LogP contribution >= 0.6 is 71.0 Å². The number of hydrogen-bond acceptors (Lipinski definition) is 5. The van der Waals surface area contributed by atoms with E-state index in [9.17, 15) is 4.79 Å². The van der Waals surface area contributed by atoms with Crippen LogP contribution in [0.4, 0.5) is 0 Å². The minimum absolute atomic E-state index is 0.238. The largest absolute Gasteiger partial charge is 0.490 e. The van der Waals surface area contributed by atoms with Crippen LogP contribution in [0.1, 0.15) is 37.2 Å². The van der Waals surface area contributed by atoms with Crippen LogP contribution in [-0.4, -0.2) is 22.5 Å². The Morgan fingerprint density at radius 3 is 2.50 bits per heavy atom. The lowest BCUT2D eigenvalue weighted by Gasteiger charge is -2.16. The summed E-state index contributed by atoms with van der Waals surface area (Å²) in [6, 6.07) is 12.6. The van der Waals surface area contributed by atoms with Crippen LogP contribution in [0.3, 0.4) is 0 Å². The molecular weight excluding hydrogens is 725 g/mol. The normalized spacial score (nSPS) is 11.4. The predicted octanol–water partition coefficient (Wildman–Crippen LogP) is 8.80. The van der Waals surface area contributed by atoms with Crippen LogP contribution in [0.25, 0.3) is 10.9 Å². The molecule has 38 heavy (non-hydrogen) atoms. The third kappa shape index (κ3) is 6.45. The lowest BCUT2D eigenvalue weighted by molar-refractivity contribution is 0.267. The Balaban J connectivity index is 1.73. The van der Waals surface area contributed by atoms with Crippen molar-refractivity contribution in [3.05, 3.63) is 93.2 Å². The third-order valence-electron chi connectivity index (χ3n) is 5.48. The van der Waals surface area contributed by atoms with Crippen LogP contribution in [0.15, 0.2) is 65.8 Å². The Labute approximate surface area is 255 Å². The summed E-state index contributed by atoms with van der Waals surface area (Å²) in [4.78, 5) is 18.0. The summed E-state index contributed by atoms with van der Waals surface area (Å²) in [5, 5.41) is 5.97. The van der Waals surface area contributed by atoms with E-state index in [-0.39, 0.29) is 12.2 Å². The van der Waals surface area contributed by atoms with Gasteiger partial charge in [0.1, 0.15) is 12.4 Å². The maximum Gasteiger partial charge on any atom is 0.282 e. The van der Waals surface area contributed by atoms with E-state index in [1.807, 2.05) is 38.1 Å². The number of rotatable bonds is 9. The fourth-order valence-corrected chi connectivity index (χ4v) is 5.32. The van der Waals surface area contributed by atoms with Crippen LogP contribution < -0.4 is 15.0 Å². The number of nitrogens with zero attached hydrogens (tertiary/aromatic N) is 3. The zero-order valence-corrected chi connectivity index (χ0v) is 26.7. The quantitative estimate of drug-likeness (QED) is 0.161. The molecule has 0 fully saturated rings. The first kappa shape index (κ1) is 29.1. The van der Waals surface area contributed by atoms with Crippen molar-refractivity contribution in [2.45, 2.75) is 33.3 Å². The molecule has 0 aliphatic carbocycles. The van der Waals surface area contributed by atoms with Gasteiger partial charge in [-0.2, -0.15) is 9.78 Å². The Morgan fingerprint density at radius 2 is 1.79 bits per heavy atom. The molecule has 1 aromatic heterocycles. The van der Waals surface area contributed by atoms with E-state index in [2.05, 4.69) is 57.9 Å². The fraction of sp³-hybridized carbons (Fsp3) is 0.222. The van der Waals surface area contributed by atoms with Crippen LogP contribution in [-0.2, 0) is 13.0 Å². The first-order chi connectivity index (χ1) is 18.2. The molecule has 0 radical (unpaired) electrons. The van der Waals surface area contributed by atoms with Gasteiger partial charge in [-0.25, -0.2) is 4.98 Å². The summed E-state index contributed by atoms with van der Waals surface area (Å²) in [5.74, 6) is 1.62. The Hall–Kier alpha value is -1.91. The van der Waals surface area contributed by atoms with Gasteiger partial charge in [0.25, 0.3) is 5.56 Å². The summed E-state index contributed by atoms with van der Waals surface area (Å²) in [6.45, 7) is 4.60. The molecule has 0 saturated heterocycles. The lowest BCUT2D eigenvalue weighted by Crippen LogP contribution is -2.22. The van der Waals surface area contributed by atoms with Crippen molar-refractivity contribution < 1.29 is 9.47 Å². The molecule has 3 aromatic carbocycles. The molecule has 0 saturated carbocycles. The lowest BCUT2D eigenvalue weighted by atomic mass is 10.2. The molecule has 198 valence electrons. The highest BCUT2D eigenvalue weighted by atomic mass is 79.9. The van der Waals surface area contributed by atoms with Crippen molar-refractivity contribution in [3.8, 4) is 11.5 Å². The van der Waals surface area contributed by atoms with E-state index in [1.54, 1.807) is 24.4 Å². The van der Waals surface area contributed by atoms with Crippen molar-refractivity contribution in [1.29, 1.82) is 0 Å². The number of aryl methyl sites for hydroxylation is 1. The second-order valence-corrected chi connectivity index (χ2v) is 11.5. The molecule has 6 nitrogen and oxygen atoms in total. The van der Waals surface area contributed by atoms with E-state index < -0.39 is 0 Å². The number of hydrogen-bond donors (Lipinski definition) is 0. The van der Waals surface area contributed by atoms with Gasteiger partial charge in [-0.3, -0.25) is 4.79 Å². The van der Waals surface area contributed by atoms with E-state index in [4.69, 9.17) is 32.7 Å². The zero-order valence-electron chi connectivity index (χ0n) is 20.4. The Kier molecular flexibility index (Phi) is 9.92. The van der Waals surface area contributed by atoms with Gasteiger partial charge >= 0.3 is 0 Å². The average molecular weight is 747 g/mol. The van der Waals surface area contributed by atoms with E-state index in [1.165, 1.54) is 4.68 Å². The van der Waals surface area contributed by atoms with E-state index in [0.29, 0.717) is 65.8 Å². The molecule has 4 aromatic rings. The van der Waals surface area contributed by atoms with Crippen molar-refractivity contribution in [2.75, 3.05) is 6.61 Å². The van der Waals surface area contributed by atoms with Gasteiger partial charge in [-0.15, -0.1) is 0 Å². The standard InChI is InChI=1S/C27H22Br3Cl2N3O3/c1-3-5-23-34-21-9-7-17(28)12-18(21)27(36)35(23)33-13-16-11-22(37-4-2)26(25(30)24(16)29)38-14-15-6-8-19(31)20(32)10-15/h6-13H,3-5,14H2,1-2H3. The molecule has 0 bridgehead atoms. The van der Waals surface area contributed by atoms with Crippen LogP contribution in [0, 0.1) is 0 Å². The minimum Gasteiger partial charge on any atom is -0.490 e. The first-order valence-electron chi connectivity index (χ1n) is 11.7. The Bertz CT molecular complexity index is 1590. The van der Waals surface area contributed by atoms with Gasteiger partial charge in [-0.05, 0) is 87.2 Å². The summed E-state index contributed by atoms with van der Waals surface area (Å²) in [7, 11) is 0. The average Bonchev–Trinajstić information content (AvgIpc) is 2.89. The van der Waals surface area contributed by atoms with Crippen molar-refractivity contribution in [1.82, 2.24) is 9.66 Å². The SMILES string of the molecule is CCCc1nc2ccc(Br)cc2c(=O)n1N=Cc1cc(OCC)c(OCc2ccc(Cl)c(Cl)c2)c(Br)c1Br. The second-order valence-electron chi connectivity index (χ2n) is 8.19. The topological polar surface area (TPSA) is 65.7 Å². The van der Waals surface area contributed by atoms with Crippen LogP contribution in [0.2, 0.25) is 10.0 Å². The van der Waals surface area contributed by atoms with Crippen molar-refractivity contribution >= 4 is 88.1 Å². The van der Waals surface area contributed by atoms with Crippen LogP contribution in [0.5, 0.6) is 11.5 Å². The highest BCUT2D eigenvalue weighted by molar-refractivity contribution is 9.13. The first-order valence-corrected chi connectivity index (χ1v) is 14.8. The molecule has 0 spiro atoms. The van der Waals surface area contributed by atoms with Crippen molar-refractivity contribution in [3.63, 3.8) is 0 Å². The van der Waals surface area contributed by atoms with Gasteiger partial charge in [0.15, 0.2) is 11.5 Å². The van der Waals surface area contributed by atoms with Gasteiger partial charge in [0.05, 0.1) is 38.2 Å². The molecule has 0 N–H and O–H groups in total. The molecule has 4 rings (SSSR count). The number of aromatic nitrogens is 2. The smallest absolute Gasteiger partial charge is 0.282 e. The summed E-state index contributed by atoms with van der Waals surface area (Å²) in [5.41, 5.74) is 1.94. The summed E-state index contributed by atoms with van der Waals surface area (Å²) >= 11 is 22.9. The van der Waals surface area contributed by atoms with E-state index in [0.717, 1.165) is 16.5 Å². The predicted molar refractivity (Wildman–Crippen MR) is 164 cm³/mol. The maximum atomic E-state index is 13.3. The Morgan fingerprint density at radius 1 is 1.00 bits per heavy atom. The molecular formula is C27H22Br3Cl2N3O3. The molecule has 11 heteroatoms. The van der Waals surface area contributed by atoms with Gasteiger partial charge in [-0.1, -0.05) is 52.1 Å². The number of benzene rings is 3. The molecule has 0 atom stereocenters. The van der Waals surface area contributed by atoms with Crippen molar-refractivity contribution in [2.24, 2.45) is 5.10 Å². The monoisotopic (exact) mass is 743 g/mol. The highest BCUT2D eigenvalue weighted by Crippen LogP contribution is 2.43. The molecule has 0 amide bonds. The summed E-state index contributed by atoms with van der Waals surface area (Å²) in [6.07, 6.45) is 3.03.